The molecule has 19 heavy (non-hydrogen) atoms. The molecule has 0 aliphatic carbocycles. The van der Waals surface area contributed by atoms with Crippen LogP contribution in [0.25, 0.3) is 0 Å². The molecule has 1 aromatic rings. The summed E-state index contributed by atoms with van der Waals surface area (Å²) in [6, 6.07) is 2.75. The molecule has 7 heteroatoms. The van der Waals surface area contributed by atoms with Crippen LogP contribution in [0.5, 0.6) is 0 Å². The van der Waals surface area contributed by atoms with Gasteiger partial charge in [-0.25, -0.2) is 9.78 Å². The molecular formula is C12H18ClN3O3. The standard InChI is InChI=1S/C12H18ClN3O3/c1-16(2)4-6-19-5-3-14-11-8-9(12(17)18)7-10(13)15-11/h7-8H,3-6H2,1-2H3,(H,14,15)(H,17,18). The third-order valence-electron chi connectivity index (χ3n) is 2.28. The summed E-state index contributed by atoms with van der Waals surface area (Å²) in [5.41, 5.74) is 0.107. The van der Waals surface area contributed by atoms with Gasteiger partial charge in [-0.15, -0.1) is 0 Å². The van der Waals surface area contributed by atoms with Crippen LogP contribution in [-0.2, 0) is 4.74 Å². The minimum atomic E-state index is -1.03. The Morgan fingerprint density at radius 2 is 2.21 bits per heavy atom. The molecular weight excluding hydrogens is 270 g/mol. The fraction of sp³-hybridized carbons (Fsp3) is 0.500. The Hall–Kier alpha value is -1.37. The lowest BCUT2D eigenvalue weighted by Gasteiger charge is -2.10. The van der Waals surface area contributed by atoms with E-state index in [-0.39, 0.29) is 10.7 Å². The van der Waals surface area contributed by atoms with Crippen LogP contribution in [0.15, 0.2) is 12.1 Å². The van der Waals surface area contributed by atoms with Gasteiger partial charge in [0.1, 0.15) is 11.0 Å². The highest BCUT2D eigenvalue weighted by atomic mass is 35.5. The highest BCUT2D eigenvalue weighted by molar-refractivity contribution is 6.29. The van der Waals surface area contributed by atoms with Gasteiger partial charge >= 0.3 is 5.97 Å². The van der Waals surface area contributed by atoms with Crippen LogP contribution in [-0.4, -0.2) is 61.4 Å². The van der Waals surface area contributed by atoms with Crippen LogP contribution in [0.1, 0.15) is 10.4 Å². The van der Waals surface area contributed by atoms with E-state index in [9.17, 15) is 4.79 Å². The van der Waals surface area contributed by atoms with Gasteiger partial charge in [-0.2, -0.15) is 0 Å². The third kappa shape index (κ3) is 6.37. The molecule has 0 radical (unpaired) electrons. The van der Waals surface area contributed by atoms with Crippen LogP contribution in [0.3, 0.4) is 0 Å². The number of hydrogen-bond donors (Lipinski definition) is 2. The van der Waals surface area contributed by atoms with Gasteiger partial charge < -0.3 is 20.1 Å². The number of halogens is 1. The van der Waals surface area contributed by atoms with Crippen LogP contribution in [0.4, 0.5) is 5.82 Å². The second kappa shape index (κ2) is 7.93. The molecule has 106 valence electrons. The molecule has 0 aliphatic heterocycles. The molecule has 0 aliphatic rings. The maximum absolute atomic E-state index is 10.8. The molecule has 1 rings (SSSR count). The number of carbonyl (C=O) groups is 1. The number of ether oxygens (including phenoxy) is 1. The fourth-order valence-corrected chi connectivity index (χ4v) is 1.52. The van der Waals surface area contributed by atoms with Crippen molar-refractivity contribution in [1.29, 1.82) is 0 Å². The topological polar surface area (TPSA) is 74.7 Å². The molecule has 1 aromatic heterocycles. The molecule has 0 unspecified atom stereocenters. The van der Waals surface area contributed by atoms with Gasteiger partial charge in [-0.05, 0) is 26.2 Å². The molecule has 1 heterocycles. The summed E-state index contributed by atoms with van der Waals surface area (Å²) in [4.78, 5) is 16.9. The Kier molecular flexibility index (Phi) is 6.55. The number of carboxylic acid groups (broad SMARTS) is 1. The first-order chi connectivity index (χ1) is 8.99. The van der Waals surface area contributed by atoms with Crippen molar-refractivity contribution in [2.75, 3.05) is 45.7 Å². The lowest BCUT2D eigenvalue weighted by molar-refractivity contribution is 0.0697. The monoisotopic (exact) mass is 287 g/mol. The van der Waals surface area contributed by atoms with Crippen molar-refractivity contribution in [2.45, 2.75) is 0 Å². The summed E-state index contributed by atoms with van der Waals surface area (Å²) in [5.74, 6) is -0.601. The number of rotatable bonds is 8. The Balaban J connectivity index is 2.35. The predicted molar refractivity (Wildman–Crippen MR) is 74.1 cm³/mol. The lowest BCUT2D eigenvalue weighted by atomic mass is 10.2. The molecule has 6 nitrogen and oxygen atoms in total. The van der Waals surface area contributed by atoms with E-state index in [4.69, 9.17) is 21.4 Å². The zero-order chi connectivity index (χ0) is 14.3. The van der Waals surface area contributed by atoms with Crippen LogP contribution in [0.2, 0.25) is 5.15 Å². The minimum absolute atomic E-state index is 0.107. The van der Waals surface area contributed by atoms with E-state index >= 15 is 0 Å². The Morgan fingerprint density at radius 3 is 2.84 bits per heavy atom. The normalized spacial score (nSPS) is 10.7. The number of anilines is 1. The van der Waals surface area contributed by atoms with Crippen molar-refractivity contribution in [1.82, 2.24) is 9.88 Å². The van der Waals surface area contributed by atoms with Crippen molar-refractivity contribution in [3.05, 3.63) is 22.8 Å². The second-order valence-electron chi connectivity index (χ2n) is 4.21. The molecule has 2 N–H and O–H groups in total. The summed E-state index contributed by atoms with van der Waals surface area (Å²) in [6.45, 7) is 2.57. The number of hydrogen-bond acceptors (Lipinski definition) is 5. The Labute approximate surface area is 117 Å². The quantitative estimate of drug-likeness (QED) is 0.556. The zero-order valence-electron chi connectivity index (χ0n) is 11.0. The maximum Gasteiger partial charge on any atom is 0.335 e. The molecule has 0 aromatic carbocycles. The largest absolute Gasteiger partial charge is 0.478 e. The van der Waals surface area contributed by atoms with Gasteiger partial charge in [0.05, 0.1) is 18.8 Å². The number of aromatic carboxylic acids is 1. The van der Waals surface area contributed by atoms with E-state index in [1.165, 1.54) is 12.1 Å². The maximum atomic E-state index is 10.8. The van der Waals surface area contributed by atoms with E-state index in [0.717, 1.165) is 6.54 Å². The number of nitrogens with one attached hydrogen (secondary N) is 1. The molecule has 0 saturated carbocycles. The molecule has 0 spiro atoms. The van der Waals surface area contributed by atoms with E-state index in [1.54, 1.807) is 0 Å². The Morgan fingerprint density at radius 1 is 1.47 bits per heavy atom. The third-order valence-corrected chi connectivity index (χ3v) is 2.47. The predicted octanol–water partition coefficient (Wildman–Crippen LogP) is 1.42. The first-order valence-corrected chi connectivity index (χ1v) is 6.24. The van der Waals surface area contributed by atoms with E-state index < -0.39 is 5.97 Å². The summed E-state index contributed by atoms with van der Waals surface area (Å²) >= 11 is 5.74. The van der Waals surface area contributed by atoms with Gasteiger partial charge in [0.15, 0.2) is 0 Å². The summed E-state index contributed by atoms with van der Waals surface area (Å²) < 4.78 is 5.39. The van der Waals surface area contributed by atoms with E-state index in [1.807, 2.05) is 19.0 Å². The molecule has 0 saturated heterocycles. The van der Waals surface area contributed by atoms with Crippen LogP contribution < -0.4 is 5.32 Å². The highest BCUT2D eigenvalue weighted by Crippen LogP contribution is 2.14. The van der Waals surface area contributed by atoms with Crippen molar-refractivity contribution in [2.24, 2.45) is 0 Å². The average molecular weight is 288 g/mol. The molecule has 0 amide bonds. The number of pyridine rings is 1. The first kappa shape index (κ1) is 15.7. The summed E-state index contributed by atoms with van der Waals surface area (Å²) in [6.07, 6.45) is 0. The average Bonchev–Trinajstić information content (AvgIpc) is 2.32. The van der Waals surface area contributed by atoms with Crippen molar-refractivity contribution < 1.29 is 14.6 Å². The van der Waals surface area contributed by atoms with Crippen LogP contribution >= 0.6 is 11.6 Å². The Bertz CT molecular complexity index is 427. The number of nitrogens with zero attached hydrogens (tertiary/aromatic N) is 2. The number of carboxylic acids is 1. The van der Waals surface area contributed by atoms with E-state index in [2.05, 4.69) is 10.3 Å². The molecule has 0 bridgehead atoms. The first-order valence-electron chi connectivity index (χ1n) is 5.86. The number of likely N-dealkylation sites (N-methyl/N-ethyl adjacent to an activating group) is 1. The van der Waals surface area contributed by atoms with Gasteiger partial charge in [0.2, 0.25) is 0 Å². The zero-order valence-corrected chi connectivity index (χ0v) is 11.8. The fourth-order valence-electron chi connectivity index (χ4n) is 1.31. The van der Waals surface area contributed by atoms with Crippen molar-refractivity contribution in [3.8, 4) is 0 Å². The smallest absolute Gasteiger partial charge is 0.335 e. The highest BCUT2D eigenvalue weighted by Gasteiger charge is 2.07. The second-order valence-corrected chi connectivity index (χ2v) is 4.60. The van der Waals surface area contributed by atoms with Crippen molar-refractivity contribution >= 4 is 23.4 Å². The molecule has 0 fully saturated rings. The van der Waals surface area contributed by atoms with Gasteiger partial charge in [0.25, 0.3) is 0 Å². The summed E-state index contributed by atoms with van der Waals surface area (Å²) in [7, 11) is 3.95. The SMILES string of the molecule is CN(C)CCOCCNc1cc(C(=O)O)cc(Cl)n1. The summed E-state index contributed by atoms with van der Waals surface area (Å²) in [5, 5.41) is 12.0. The van der Waals surface area contributed by atoms with E-state index in [0.29, 0.717) is 25.6 Å². The number of aromatic nitrogens is 1. The van der Waals surface area contributed by atoms with Crippen molar-refractivity contribution in [3.63, 3.8) is 0 Å². The minimum Gasteiger partial charge on any atom is -0.478 e. The van der Waals surface area contributed by atoms with Gasteiger partial charge in [0, 0.05) is 13.1 Å². The van der Waals surface area contributed by atoms with Crippen LogP contribution in [0, 0.1) is 0 Å². The molecule has 0 atom stereocenters. The van der Waals surface area contributed by atoms with Gasteiger partial charge in [-0.1, -0.05) is 11.6 Å². The lowest BCUT2D eigenvalue weighted by Crippen LogP contribution is -2.20. The van der Waals surface area contributed by atoms with Gasteiger partial charge in [-0.3, -0.25) is 0 Å².